The Balaban J connectivity index is 1.91. The lowest BCUT2D eigenvalue weighted by Gasteiger charge is -2.27. The number of hydrogen-bond acceptors (Lipinski definition) is 5. The summed E-state index contributed by atoms with van der Waals surface area (Å²) in [7, 11) is 0. The fourth-order valence-electron chi connectivity index (χ4n) is 2.93. The van der Waals surface area contributed by atoms with Gasteiger partial charge in [-0.05, 0) is 60.6 Å². The van der Waals surface area contributed by atoms with Crippen LogP contribution >= 0.6 is 28.1 Å². The Hall–Kier alpha value is -3.04. The highest BCUT2D eigenvalue weighted by Gasteiger charge is 2.32. The normalized spacial score (nSPS) is 15.0. The highest BCUT2D eigenvalue weighted by Crippen LogP contribution is 2.35. The first kappa shape index (κ1) is 23.6. The van der Waals surface area contributed by atoms with Crippen molar-refractivity contribution in [2.45, 2.75) is 13.5 Å². The summed E-state index contributed by atoms with van der Waals surface area (Å²) in [6, 6.07) is 9.36. The molecule has 9 heteroatoms. The van der Waals surface area contributed by atoms with E-state index in [0.717, 1.165) is 5.56 Å². The highest BCUT2D eigenvalue weighted by molar-refractivity contribution is 9.10. The number of amides is 2. The second-order valence-electron chi connectivity index (χ2n) is 6.69. The third kappa shape index (κ3) is 5.41. The summed E-state index contributed by atoms with van der Waals surface area (Å²) in [5, 5.41) is 2.55. The zero-order valence-electron chi connectivity index (χ0n) is 17.2. The standard InChI is InChI=1S/C23H20BrFN2O4S/c1-3-9-27-22(29)17(21(28)26-23(27)32)10-15-11-19(30-4-2)20(12-18(15)24)31-13-14-5-7-16(25)8-6-14/h3,5-8,10-12H,1,4,9,13H2,2H3,(H,26,28,32)/b17-10+. The SMILES string of the molecule is C=CCN1C(=O)/C(=C/c2cc(OCC)c(OCc3ccc(F)cc3)cc2Br)C(=O)NC1=S. The molecule has 1 aliphatic rings. The molecule has 1 fully saturated rings. The number of benzene rings is 2. The van der Waals surface area contributed by atoms with Gasteiger partial charge in [-0.15, -0.1) is 6.58 Å². The molecule has 2 amide bonds. The van der Waals surface area contributed by atoms with E-state index in [1.807, 2.05) is 6.92 Å². The van der Waals surface area contributed by atoms with Crippen LogP contribution in [0.15, 0.2) is 59.1 Å². The molecule has 6 nitrogen and oxygen atoms in total. The van der Waals surface area contributed by atoms with Gasteiger partial charge in [0.25, 0.3) is 11.8 Å². The van der Waals surface area contributed by atoms with Crippen molar-refractivity contribution in [2.75, 3.05) is 13.2 Å². The van der Waals surface area contributed by atoms with E-state index >= 15 is 0 Å². The molecule has 1 aliphatic heterocycles. The average molecular weight is 519 g/mol. The van der Waals surface area contributed by atoms with Crippen molar-refractivity contribution in [3.63, 3.8) is 0 Å². The summed E-state index contributed by atoms with van der Waals surface area (Å²) in [6.45, 7) is 6.21. The van der Waals surface area contributed by atoms with Crippen molar-refractivity contribution in [3.05, 3.63) is 76.0 Å². The van der Waals surface area contributed by atoms with E-state index in [0.29, 0.717) is 28.1 Å². The molecule has 0 atom stereocenters. The number of halogens is 2. The topological polar surface area (TPSA) is 67.9 Å². The Labute approximate surface area is 198 Å². The Morgan fingerprint density at radius 1 is 1.19 bits per heavy atom. The molecule has 2 aromatic carbocycles. The van der Waals surface area contributed by atoms with E-state index in [1.54, 1.807) is 24.3 Å². The zero-order chi connectivity index (χ0) is 23.3. The third-order valence-electron chi connectivity index (χ3n) is 4.47. The molecular weight excluding hydrogens is 499 g/mol. The molecule has 0 aliphatic carbocycles. The molecule has 0 spiro atoms. The molecule has 0 bridgehead atoms. The summed E-state index contributed by atoms with van der Waals surface area (Å²) >= 11 is 8.53. The van der Waals surface area contributed by atoms with E-state index in [9.17, 15) is 14.0 Å². The summed E-state index contributed by atoms with van der Waals surface area (Å²) < 4.78 is 25.3. The van der Waals surface area contributed by atoms with Gasteiger partial charge in [-0.3, -0.25) is 19.8 Å². The molecule has 0 radical (unpaired) electrons. The number of ether oxygens (including phenoxy) is 2. The van der Waals surface area contributed by atoms with Crippen LogP contribution in [0.3, 0.4) is 0 Å². The average Bonchev–Trinajstić information content (AvgIpc) is 2.76. The minimum atomic E-state index is -0.582. The maximum Gasteiger partial charge on any atom is 0.265 e. The molecule has 32 heavy (non-hydrogen) atoms. The summed E-state index contributed by atoms with van der Waals surface area (Å²) in [5.41, 5.74) is 1.27. The van der Waals surface area contributed by atoms with Gasteiger partial charge >= 0.3 is 0 Å². The molecule has 0 saturated carbocycles. The smallest absolute Gasteiger partial charge is 0.265 e. The van der Waals surface area contributed by atoms with Crippen LogP contribution in [0.2, 0.25) is 0 Å². The lowest BCUT2D eigenvalue weighted by atomic mass is 10.1. The largest absolute Gasteiger partial charge is 0.490 e. The lowest BCUT2D eigenvalue weighted by Crippen LogP contribution is -2.53. The third-order valence-corrected chi connectivity index (χ3v) is 5.48. The van der Waals surface area contributed by atoms with Crippen molar-refractivity contribution in [1.29, 1.82) is 0 Å². The molecule has 2 aromatic rings. The van der Waals surface area contributed by atoms with Crippen LogP contribution in [0.25, 0.3) is 6.08 Å². The maximum absolute atomic E-state index is 13.1. The molecule has 0 aromatic heterocycles. The Kier molecular flexibility index (Phi) is 7.76. The van der Waals surface area contributed by atoms with Crippen LogP contribution in [-0.4, -0.2) is 35.0 Å². The number of thiocarbonyl (C=S) groups is 1. The predicted octanol–water partition coefficient (Wildman–Crippen LogP) is 4.38. The number of rotatable bonds is 8. The lowest BCUT2D eigenvalue weighted by molar-refractivity contribution is -0.128. The highest BCUT2D eigenvalue weighted by atomic mass is 79.9. The molecule has 0 unspecified atom stereocenters. The summed E-state index contributed by atoms with van der Waals surface area (Å²) in [6.07, 6.45) is 2.99. The van der Waals surface area contributed by atoms with Gasteiger partial charge in [-0.1, -0.05) is 34.1 Å². The first-order valence-corrected chi connectivity index (χ1v) is 10.9. The van der Waals surface area contributed by atoms with Crippen LogP contribution in [0.5, 0.6) is 11.5 Å². The van der Waals surface area contributed by atoms with Gasteiger partial charge in [0.15, 0.2) is 16.6 Å². The van der Waals surface area contributed by atoms with Crippen LogP contribution in [-0.2, 0) is 16.2 Å². The zero-order valence-corrected chi connectivity index (χ0v) is 19.6. The first-order valence-electron chi connectivity index (χ1n) is 9.67. The quantitative estimate of drug-likeness (QED) is 0.243. The van der Waals surface area contributed by atoms with Crippen molar-refractivity contribution >= 4 is 51.2 Å². The second-order valence-corrected chi connectivity index (χ2v) is 7.93. The van der Waals surface area contributed by atoms with Crippen molar-refractivity contribution in [3.8, 4) is 11.5 Å². The molecule has 1 saturated heterocycles. The predicted molar refractivity (Wildman–Crippen MR) is 127 cm³/mol. The van der Waals surface area contributed by atoms with Crippen LogP contribution in [0, 0.1) is 5.82 Å². The van der Waals surface area contributed by atoms with E-state index in [2.05, 4.69) is 27.8 Å². The van der Waals surface area contributed by atoms with E-state index in [-0.39, 0.29) is 29.7 Å². The monoisotopic (exact) mass is 518 g/mol. The van der Waals surface area contributed by atoms with E-state index in [1.165, 1.54) is 29.2 Å². The van der Waals surface area contributed by atoms with Crippen molar-refractivity contribution in [2.24, 2.45) is 0 Å². The van der Waals surface area contributed by atoms with Crippen LogP contribution in [0.4, 0.5) is 4.39 Å². The molecule has 3 rings (SSSR count). The van der Waals surface area contributed by atoms with Gasteiger partial charge in [0.1, 0.15) is 18.0 Å². The Morgan fingerprint density at radius 2 is 1.88 bits per heavy atom. The molecule has 1 heterocycles. The van der Waals surface area contributed by atoms with E-state index in [4.69, 9.17) is 21.7 Å². The fourth-order valence-corrected chi connectivity index (χ4v) is 3.62. The first-order chi connectivity index (χ1) is 15.3. The summed E-state index contributed by atoms with van der Waals surface area (Å²) in [5.74, 6) is -0.523. The van der Waals surface area contributed by atoms with Gasteiger partial charge in [0, 0.05) is 11.0 Å². The van der Waals surface area contributed by atoms with Crippen molar-refractivity contribution < 1.29 is 23.5 Å². The van der Waals surface area contributed by atoms with Crippen molar-refractivity contribution in [1.82, 2.24) is 10.2 Å². The second kappa shape index (κ2) is 10.5. The summed E-state index contributed by atoms with van der Waals surface area (Å²) in [4.78, 5) is 26.4. The number of carbonyl (C=O) groups is 2. The van der Waals surface area contributed by atoms with Gasteiger partial charge in [-0.2, -0.15) is 0 Å². The van der Waals surface area contributed by atoms with Gasteiger partial charge in [0.05, 0.1) is 6.61 Å². The van der Waals surface area contributed by atoms with Gasteiger partial charge < -0.3 is 9.47 Å². The molecular formula is C23H20BrFN2O4S. The molecule has 166 valence electrons. The van der Waals surface area contributed by atoms with Gasteiger partial charge in [-0.25, -0.2) is 4.39 Å². The number of nitrogens with one attached hydrogen (secondary N) is 1. The number of hydrogen-bond donors (Lipinski definition) is 1. The fraction of sp³-hybridized carbons (Fsp3) is 0.174. The minimum absolute atomic E-state index is 0.0377. The van der Waals surface area contributed by atoms with E-state index < -0.39 is 11.8 Å². The number of nitrogens with zero attached hydrogens (tertiary/aromatic N) is 1. The Bertz CT molecular complexity index is 1100. The Morgan fingerprint density at radius 3 is 2.53 bits per heavy atom. The maximum atomic E-state index is 13.1. The number of carbonyl (C=O) groups excluding carboxylic acids is 2. The van der Waals surface area contributed by atoms with Crippen LogP contribution in [0.1, 0.15) is 18.1 Å². The minimum Gasteiger partial charge on any atom is -0.490 e. The molecule has 1 N–H and O–H groups in total. The van der Waals surface area contributed by atoms with Gasteiger partial charge in [0.2, 0.25) is 0 Å². The van der Waals surface area contributed by atoms with Crippen LogP contribution < -0.4 is 14.8 Å².